The molecule has 198 valence electrons. The Morgan fingerprint density at radius 3 is 2.51 bits per heavy atom. The van der Waals surface area contributed by atoms with Gasteiger partial charge in [-0.15, -0.1) is 0 Å². The Morgan fingerprint density at radius 1 is 1.14 bits per heavy atom. The lowest BCUT2D eigenvalue weighted by atomic mass is 9.88. The number of nitrogens with one attached hydrogen (secondary N) is 1. The van der Waals surface area contributed by atoms with Crippen LogP contribution in [0.15, 0.2) is 36.0 Å². The van der Waals surface area contributed by atoms with Gasteiger partial charge in [-0.1, -0.05) is 30.7 Å². The Morgan fingerprint density at radius 2 is 1.86 bits per heavy atom. The number of hydrogen-bond acceptors (Lipinski definition) is 7. The van der Waals surface area contributed by atoms with E-state index >= 15 is 0 Å². The molecule has 2 heterocycles. The average Bonchev–Trinajstić information content (AvgIpc) is 2.78. The van der Waals surface area contributed by atoms with E-state index in [1.165, 1.54) is 13.0 Å². The van der Waals surface area contributed by atoms with E-state index in [0.29, 0.717) is 6.42 Å². The van der Waals surface area contributed by atoms with E-state index in [0.717, 1.165) is 18.4 Å². The fraction of sp³-hybridized carbons (Fsp3) is 0.704. The second-order valence-electron chi connectivity index (χ2n) is 10.0. The summed E-state index contributed by atoms with van der Waals surface area (Å²) in [6.07, 6.45) is 9.37. The predicted octanol–water partition coefficient (Wildman–Crippen LogP) is 2.83. The molecule has 0 aromatic carbocycles. The number of amides is 1. The van der Waals surface area contributed by atoms with Gasteiger partial charge in [-0.05, 0) is 59.0 Å². The molecule has 0 aliphatic carbocycles. The van der Waals surface area contributed by atoms with Crippen LogP contribution in [0.5, 0.6) is 0 Å². The Kier molecular flexibility index (Phi) is 11.6. The number of aliphatic hydroxyl groups excluding tert-OH is 2. The van der Waals surface area contributed by atoms with E-state index in [1.807, 2.05) is 32.9 Å². The van der Waals surface area contributed by atoms with Gasteiger partial charge in [0.1, 0.15) is 12.2 Å². The number of rotatable bonds is 9. The first-order valence-electron chi connectivity index (χ1n) is 12.6. The molecular weight excluding hydrogens is 450 g/mol. The van der Waals surface area contributed by atoms with Gasteiger partial charge in [-0.2, -0.15) is 0 Å². The van der Waals surface area contributed by atoms with Gasteiger partial charge in [-0.25, -0.2) is 0 Å². The monoisotopic (exact) mass is 493 g/mol. The van der Waals surface area contributed by atoms with Crippen LogP contribution in [-0.4, -0.2) is 71.4 Å². The molecule has 0 radical (unpaired) electrons. The molecule has 0 saturated carbocycles. The van der Waals surface area contributed by atoms with Crippen molar-refractivity contribution in [3.05, 3.63) is 36.0 Å². The minimum absolute atomic E-state index is 0.00587. The minimum atomic E-state index is -0.713. The van der Waals surface area contributed by atoms with Crippen LogP contribution in [0.4, 0.5) is 0 Å². The Bertz CT molecular complexity index is 792. The first kappa shape index (κ1) is 29.2. The second kappa shape index (κ2) is 13.9. The highest BCUT2D eigenvalue weighted by Crippen LogP contribution is 2.29. The smallest absolute Gasteiger partial charge is 0.303 e. The van der Waals surface area contributed by atoms with Crippen molar-refractivity contribution in [3.8, 4) is 0 Å². The summed E-state index contributed by atoms with van der Waals surface area (Å²) in [6.45, 7) is 11.0. The molecule has 2 fully saturated rings. The maximum atomic E-state index is 12.3. The average molecular weight is 494 g/mol. The zero-order valence-corrected chi connectivity index (χ0v) is 21.8. The van der Waals surface area contributed by atoms with Crippen molar-refractivity contribution in [2.45, 2.75) is 103 Å². The van der Waals surface area contributed by atoms with Gasteiger partial charge in [0.2, 0.25) is 5.91 Å². The van der Waals surface area contributed by atoms with Gasteiger partial charge in [0.15, 0.2) is 0 Å². The maximum Gasteiger partial charge on any atom is 0.303 e. The normalized spacial score (nSPS) is 35.3. The van der Waals surface area contributed by atoms with Crippen LogP contribution in [0.2, 0.25) is 0 Å². The molecule has 2 aliphatic rings. The molecule has 1 amide bonds. The highest BCUT2D eigenvalue weighted by atomic mass is 16.5. The van der Waals surface area contributed by atoms with Crippen LogP contribution >= 0.6 is 0 Å². The fourth-order valence-corrected chi connectivity index (χ4v) is 4.66. The Labute approximate surface area is 209 Å². The molecule has 0 aromatic heterocycles. The number of carbonyl (C=O) groups excluding carboxylic acids is 2. The van der Waals surface area contributed by atoms with Crippen molar-refractivity contribution in [3.63, 3.8) is 0 Å². The first-order valence-corrected chi connectivity index (χ1v) is 12.6. The minimum Gasteiger partial charge on any atom is -0.459 e. The molecule has 2 aliphatic heterocycles. The lowest BCUT2D eigenvalue weighted by Gasteiger charge is -2.39. The third-order valence-electron chi connectivity index (χ3n) is 6.71. The number of ether oxygens (including phenoxy) is 3. The van der Waals surface area contributed by atoms with Crippen LogP contribution in [-0.2, 0) is 23.8 Å². The molecular formula is C27H43NO7. The van der Waals surface area contributed by atoms with Crippen molar-refractivity contribution in [1.82, 2.24) is 5.32 Å². The third kappa shape index (κ3) is 9.52. The van der Waals surface area contributed by atoms with Crippen molar-refractivity contribution >= 4 is 11.9 Å². The van der Waals surface area contributed by atoms with Crippen molar-refractivity contribution in [2.24, 2.45) is 11.8 Å². The lowest BCUT2D eigenvalue weighted by molar-refractivity contribution is -0.143. The van der Waals surface area contributed by atoms with Crippen molar-refractivity contribution in [1.29, 1.82) is 0 Å². The summed E-state index contributed by atoms with van der Waals surface area (Å²) in [5.74, 6) is -0.540. The van der Waals surface area contributed by atoms with Gasteiger partial charge in [0.25, 0.3) is 0 Å². The molecule has 0 bridgehead atoms. The molecule has 2 rings (SSSR count). The Balaban J connectivity index is 1.85. The second-order valence-corrected chi connectivity index (χ2v) is 10.0. The zero-order chi connectivity index (χ0) is 26.1. The first-order chi connectivity index (χ1) is 16.5. The number of hydrogen-bond donors (Lipinski definition) is 3. The SMILES string of the molecule is CC(=O)O[C@@H](C)/C=C\C(=O)N[C@@H]1C[C@H](C)[C@H](C/C=C(C)/C=C/[C@H]2O[C@H](C)C[C@@H](CO)[C@@H]2O)O[C@@H]1C. The summed E-state index contributed by atoms with van der Waals surface area (Å²) in [4.78, 5) is 23.3. The topological polar surface area (TPSA) is 114 Å². The Hall–Kier alpha value is -2.00. The molecule has 35 heavy (non-hydrogen) atoms. The predicted molar refractivity (Wildman–Crippen MR) is 133 cm³/mol. The van der Waals surface area contributed by atoms with Gasteiger partial charge in [0, 0.05) is 25.5 Å². The van der Waals surface area contributed by atoms with Crippen molar-refractivity contribution < 1.29 is 34.0 Å². The fourth-order valence-electron chi connectivity index (χ4n) is 4.66. The summed E-state index contributed by atoms with van der Waals surface area (Å²) < 4.78 is 17.1. The van der Waals surface area contributed by atoms with E-state index in [4.69, 9.17) is 14.2 Å². The number of aliphatic hydroxyl groups is 2. The lowest BCUT2D eigenvalue weighted by Crippen LogP contribution is -2.50. The van der Waals surface area contributed by atoms with E-state index in [2.05, 4.69) is 18.3 Å². The van der Waals surface area contributed by atoms with Gasteiger partial charge in [-0.3, -0.25) is 9.59 Å². The maximum absolute atomic E-state index is 12.3. The zero-order valence-electron chi connectivity index (χ0n) is 21.8. The van der Waals surface area contributed by atoms with Crippen LogP contribution in [0.25, 0.3) is 0 Å². The van der Waals surface area contributed by atoms with Crippen LogP contribution in [0, 0.1) is 11.8 Å². The quantitative estimate of drug-likeness (QED) is 0.257. The largest absolute Gasteiger partial charge is 0.459 e. The number of esters is 1. The highest BCUT2D eigenvalue weighted by Gasteiger charge is 2.35. The molecule has 8 nitrogen and oxygen atoms in total. The standard InChI is InChI=1S/C27H43NO7/c1-16(8-11-25-27(32)22(15-29)14-19(4)34-25)7-10-24-17(2)13-23(20(5)35-24)28-26(31)12-9-18(3)33-21(6)30/h7-9,11-12,17-20,22-25,27,29,32H,10,13-15H2,1-6H3,(H,28,31)/b11-8+,12-9-,16-7+/t17-,18-,19+,20+,22-,23+,24-,25+,27-/m0/s1. The van der Waals surface area contributed by atoms with Gasteiger partial charge >= 0.3 is 5.97 Å². The summed E-state index contributed by atoms with van der Waals surface area (Å²) in [7, 11) is 0. The molecule has 9 atom stereocenters. The van der Waals surface area contributed by atoms with Crippen molar-refractivity contribution in [2.75, 3.05) is 6.61 Å². The summed E-state index contributed by atoms with van der Waals surface area (Å²) in [5, 5.41) is 22.9. The molecule has 0 spiro atoms. The summed E-state index contributed by atoms with van der Waals surface area (Å²) in [5.41, 5.74) is 1.05. The molecule has 0 aromatic rings. The summed E-state index contributed by atoms with van der Waals surface area (Å²) >= 11 is 0. The van der Waals surface area contributed by atoms with Crippen LogP contribution < -0.4 is 5.32 Å². The molecule has 3 N–H and O–H groups in total. The van der Waals surface area contributed by atoms with Crippen LogP contribution in [0.1, 0.15) is 60.8 Å². The van der Waals surface area contributed by atoms with Gasteiger partial charge in [0.05, 0.1) is 30.5 Å². The van der Waals surface area contributed by atoms with E-state index in [-0.39, 0.29) is 54.7 Å². The molecule has 0 unspecified atom stereocenters. The van der Waals surface area contributed by atoms with Crippen LogP contribution in [0.3, 0.4) is 0 Å². The number of carbonyl (C=O) groups is 2. The van der Waals surface area contributed by atoms with Gasteiger partial charge < -0.3 is 29.7 Å². The molecule has 8 heteroatoms. The van der Waals surface area contributed by atoms with E-state index < -0.39 is 18.3 Å². The number of allylic oxidation sites excluding steroid dienone is 2. The van der Waals surface area contributed by atoms with E-state index in [1.54, 1.807) is 13.0 Å². The third-order valence-corrected chi connectivity index (χ3v) is 6.71. The van der Waals surface area contributed by atoms with E-state index in [9.17, 15) is 19.8 Å². The highest BCUT2D eigenvalue weighted by molar-refractivity contribution is 5.87. The summed E-state index contributed by atoms with van der Waals surface area (Å²) in [6, 6.07) is -0.0983. The molecule has 2 saturated heterocycles.